The molecule has 0 unspecified atom stereocenters. The lowest BCUT2D eigenvalue weighted by molar-refractivity contribution is -0.385. The lowest BCUT2D eigenvalue weighted by atomic mass is 10.1. The normalized spacial score (nSPS) is 12.9. The average molecular weight is 466 g/mol. The summed E-state index contributed by atoms with van der Waals surface area (Å²) in [7, 11) is 0. The van der Waals surface area contributed by atoms with Gasteiger partial charge in [0.25, 0.3) is 23.5 Å². The summed E-state index contributed by atoms with van der Waals surface area (Å²) in [5, 5.41) is 19.6. The first-order valence-corrected chi connectivity index (χ1v) is 10.2. The maximum absolute atomic E-state index is 13.2. The Morgan fingerprint density at radius 1 is 1.15 bits per heavy atom. The second-order valence-corrected chi connectivity index (χ2v) is 7.80. The van der Waals surface area contributed by atoms with Crippen LogP contribution < -0.4 is 5.32 Å². The van der Waals surface area contributed by atoms with E-state index in [1.807, 2.05) is 0 Å². The number of nitrogens with zero attached hydrogens (tertiary/aromatic N) is 5. The molecule has 3 heterocycles. The van der Waals surface area contributed by atoms with Crippen molar-refractivity contribution in [3.05, 3.63) is 74.9 Å². The number of nitro groups is 1. The molecule has 33 heavy (non-hydrogen) atoms. The van der Waals surface area contributed by atoms with Crippen molar-refractivity contribution in [3.63, 3.8) is 0 Å². The Morgan fingerprint density at radius 2 is 1.91 bits per heavy atom. The van der Waals surface area contributed by atoms with Gasteiger partial charge >= 0.3 is 0 Å². The fourth-order valence-electron chi connectivity index (χ4n) is 3.47. The Morgan fingerprint density at radius 3 is 2.64 bits per heavy atom. The zero-order valence-corrected chi connectivity index (χ0v) is 17.2. The molecule has 2 aromatic carbocycles. The molecule has 0 aliphatic carbocycles. The van der Waals surface area contributed by atoms with Crippen LogP contribution in [0.3, 0.4) is 0 Å². The molecule has 1 aliphatic rings. The molecule has 0 fully saturated rings. The Bertz CT molecular complexity index is 1480. The zero-order chi connectivity index (χ0) is 23.3. The molecule has 0 radical (unpaired) electrons. The van der Waals surface area contributed by atoms with Crippen LogP contribution in [0.25, 0.3) is 16.2 Å². The third kappa shape index (κ3) is 3.40. The molecule has 164 valence electrons. The van der Waals surface area contributed by atoms with Crippen molar-refractivity contribution in [1.82, 2.24) is 19.5 Å². The zero-order valence-electron chi connectivity index (χ0n) is 16.4. The van der Waals surface area contributed by atoms with E-state index in [-0.39, 0.29) is 22.9 Å². The summed E-state index contributed by atoms with van der Waals surface area (Å²) in [4.78, 5) is 53.4. The van der Waals surface area contributed by atoms with E-state index in [1.54, 1.807) is 17.5 Å². The van der Waals surface area contributed by atoms with Crippen LogP contribution in [0.15, 0.2) is 47.8 Å². The number of carbonyl (C=O) groups is 3. The summed E-state index contributed by atoms with van der Waals surface area (Å²) in [6, 6.07) is 9.49. The van der Waals surface area contributed by atoms with Gasteiger partial charge in [-0.3, -0.25) is 34.7 Å². The number of rotatable bonds is 5. The number of thiazole rings is 1. The summed E-state index contributed by atoms with van der Waals surface area (Å²) in [5.74, 6) is -2.91. The number of benzene rings is 2. The van der Waals surface area contributed by atoms with Gasteiger partial charge in [-0.25, -0.2) is 8.91 Å². The molecule has 4 aromatic rings. The number of anilines is 1. The second kappa shape index (κ2) is 7.56. The number of aromatic nitrogens is 3. The smallest absolute Gasteiger partial charge is 0.282 e. The van der Waals surface area contributed by atoms with Crippen molar-refractivity contribution < 1.29 is 23.7 Å². The molecule has 0 spiro atoms. The Labute approximate surface area is 187 Å². The van der Waals surface area contributed by atoms with Crippen LogP contribution in [0.2, 0.25) is 0 Å². The number of imide groups is 1. The summed E-state index contributed by atoms with van der Waals surface area (Å²) < 4.78 is 14.7. The third-order valence-electron chi connectivity index (χ3n) is 4.95. The molecule has 3 amide bonds. The first-order valence-electron chi connectivity index (χ1n) is 9.37. The van der Waals surface area contributed by atoms with Gasteiger partial charge in [0.1, 0.15) is 17.9 Å². The van der Waals surface area contributed by atoms with Crippen molar-refractivity contribution in [1.29, 1.82) is 0 Å². The quantitative estimate of drug-likeness (QED) is 0.271. The number of amides is 3. The molecule has 0 bridgehead atoms. The van der Waals surface area contributed by atoms with Crippen LogP contribution >= 0.6 is 11.3 Å². The number of nitro benzene ring substituents is 1. The van der Waals surface area contributed by atoms with E-state index >= 15 is 0 Å². The molecule has 1 N–H and O–H groups in total. The number of nitrogens with one attached hydrogen (secondary N) is 1. The predicted octanol–water partition coefficient (Wildman–Crippen LogP) is 2.74. The van der Waals surface area contributed by atoms with Crippen LogP contribution in [0.4, 0.5) is 16.0 Å². The molecule has 5 rings (SSSR count). The van der Waals surface area contributed by atoms with E-state index in [4.69, 9.17) is 0 Å². The molecule has 0 saturated carbocycles. The lowest BCUT2D eigenvalue weighted by Gasteiger charge is -2.12. The molecule has 0 atom stereocenters. The average Bonchev–Trinajstić information content (AvgIpc) is 3.42. The van der Waals surface area contributed by atoms with Crippen LogP contribution in [0, 0.1) is 15.9 Å². The topological polar surface area (TPSA) is 140 Å². The van der Waals surface area contributed by atoms with Crippen molar-refractivity contribution in [3.8, 4) is 11.3 Å². The number of hydrogen-bond donors (Lipinski definition) is 1. The van der Waals surface area contributed by atoms with Crippen LogP contribution in [-0.4, -0.2) is 48.7 Å². The van der Waals surface area contributed by atoms with E-state index in [9.17, 15) is 28.9 Å². The highest BCUT2D eigenvalue weighted by atomic mass is 32.1. The van der Waals surface area contributed by atoms with Gasteiger partial charge in [-0.15, -0.1) is 16.4 Å². The number of halogens is 1. The van der Waals surface area contributed by atoms with Gasteiger partial charge in [0.2, 0.25) is 10.9 Å². The fourth-order valence-corrected chi connectivity index (χ4v) is 4.30. The molecule has 13 heteroatoms. The standard InChI is InChI=1S/C20H11FN6O5S/c21-11-6-4-10(5-7-11)14-9-33-20-23-19(24-26(14)20)22-15(28)8-25-17(29)12-2-1-3-13(27(31)32)16(12)18(25)30/h1-7,9H,8H2,(H,22,24,28). The van der Waals surface area contributed by atoms with Gasteiger partial charge in [-0.05, 0) is 30.3 Å². The summed E-state index contributed by atoms with van der Waals surface area (Å²) in [5.41, 5.74) is 0.350. The minimum absolute atomic E-state index is 0.0576. The van der Waals surface area contributed by atoms with Crippen molar-refractivity contribution in [2.75, 3.05) is 11.9 Å². The van der Waals surface area contributed by atoms with E-state index in [0.717, 1.165) is 6.07 Å². The summed E-state index contributed by atoms with van der Waals surface area (Å²) in [6.45, 7) is -0.666. The minimum Gasteiger partial charge on any atom is -0.292 e. The molecular weight excluding hydrogens is 455 g/mol. The van der Waals surface area contributed by atoms with Gasteiger partial charge in [0.15, 0.2) is 0 Å². The Kier molecular flexibility index (Phi) is 4.67. The van der Waals surface area contributed by atoms with Crippen molar-refractivity contribution in [2.45, 2.75) is 0 Å². The second-order valence-electron chi connectivity index (χ2n) is 6.96. The van der Waals surface area contributed by atoms with Gasteiger partial charge in [0, 0.05) is 17.0 Å². The van der Waals surface area contributed by atoms with E-state index in [1.165, 1.54) is 40.1 Å². The highest BCUT2D eigenvalue weighted by Gasteiger charge is 2.41. The first kappa shape index (κ1) is 20.4. The maximum Gasteiger partial charge on any atom is 0.282 e. The Balaban J connectivity index is 1.35. The molecule has 11 nitrogen and oxygen atoms in total. The monoisotopic (exact) mass is 466 g/mol. The van der Waals surface area contributed by atoms with Crippen molar-refractivity contribution in [2.24, 2.45) is 0 Å². The largest absolute Gasteiger partial charge is 0.292 e. The van der Waals surface area contributed by atoms with E-state index in [2.05, 4.69) is 15.4 Å². The molecule has 2 aromatic heterocycles. The number of carbonyl (C=O) groups excluding carboxylic acids is 3. The highest BCUT2D eigenvalue weighted by molar-refractivity contribution is 7.15. The fraction of sp³-hybridized carbons (Fsp3) is 0.0500. The van der Waals surface area contributed by atoms with Crippen LogP contribution in [0.5, 0.6) is 0 Å². The highest BCUT2D eigenvalue weighted by Crippen LogP contribution is 2.31. The van der Waals surface area contributed by atoms with Crippen molar-refractivity contribution >= 4 is 45.7 Å². The first-order chi connectivity index (χ1) is 15.8. The predicted molar refractivity (Wildman–Crippen MR) is 113 cm³/mol. The van der Waals surface area contributed by atoms with Gasteiger partial charge in [-0.2, -0.15) is 4.98 Å². The summed E-state index contributed by atoms with van der Waals surface area (Å²) in [6.07, 6.45) is 0. The Hall–Kier alpha value is -4.52. The van der Waals surface area contributed by atoms with E-state index < -0.39 is 34.9 Å². The lowest BCUT2D eigenvalue weighted by Crippen LogP contribution is -2.37. The van der Waals surface area contributed by atoms with E-state index in [0.29, 0.717) is 21.1 Å². The van der Waals surface area contributed by atoms with Crippen LogP contribution in [-0.2, 0) is 4.79 Å². The van der Waals surface area contributed by atoms with Gasteiger partial charge in [0.05, 0.1) is 16.2 Å². The van der Waals surface area contributed by atoms with Gasteiger partial charge in [-0.1, -0.05) is 6.07 Å². The maximum atomic E-state index is 13.2. The molecular formula is C20H11FN6O5S. The van der Waals surface area contributed by atoms with Crippen LogP contribution in [0.1, 0.15) is 20.7 Å². The molecule has 0 saturated heterocycles. The van der Waals surface area contributed by atoms with Gasteiger partial charge < -0.3 is 0 Å². The number of hydrogen-bond acceptors (Lipinski definition) is 8. The molecule has 1 aliphatic heterocycles. The summed E-state index contributed by atoms with van der Waals surface area (Å²) >= 11 is 1.25. The minimum atomic E-state index is -0.921. The third-order valence-corrected chi connectivity index (χ3v) is 5.76. The SMILES string of the molecule is O=C(CN1C(=O)c2cccc([N+](=O)[O-])c2C1=O)Nc1nc2scc(-c3ccc(F)cc3)n2n1. The number of fused-ring (bicyclic) bond motifs is 2.